The second-order valence-electron chi connectivity index (χ2n) is 6.61. The van der Waals surface area contributed by atoms with Gasteiger partial charge in [-0.25, -0.2) is 0 Å². The molecule has 1 saturated carbocycles. The minimum absolute atomic E-state index is 0.346. The number of thiophene rings is 1. The van der Waals surface area contributed by atoms with E-state index >= 15 is 0 Å². The van der Waals surface area contributed by atoms with Crippen LogP contribution in [0.1, 0.15) is 51.3 Å². The Labute approximate surface area is 134 Å². The van der Waals surface area contributed by atoms with E-state index in [2.05, 4.69) is 41.2 Å². The Kier molecular flexibility index (Phi) is 5.33. The van der Waals surface area contributed by atoms with E-state index in [0.717, 1.165) is 30.2 Å². The number of aliphatic hydroxyl groups is 1. The molecule has 114 valence electrons. The third-order valence-corrected chi connectivity index (χ3v) is 6.23. The molecule has 1 atom stereocenters. The van der Waals surface area contributed by atoms with Gasteiger partial charge in [0.2, 0.25) is 0 Å². The number of rotatable bonds is 5. The molecule has 1 N–H and O–H groups in total. The van der Waals surface area contributed by atoms with Gasteiger partial charge >= 0.3 is 0 Å². The number of hydrogen-bond acceptors (Lipinski definition) is 3. The van der Waals surface area contributed by atoms with Crippen LogP contribution < -0.4 is 0 Å². The van der Waals surface area contributed by atoms with Gasteiger partial charge in [0.15, 0.2) is 0 Å². The summed E-state index contributed by atoms with van der Waals surface area (Å²) in [4.78, 5) is 1.22. The monoisotopic (exact) mass is 360 g/mol. The zero-order chi connectivity index (χ0) is 14.8. The molecule has 0 amide bonds. The molecule has 0 radical (unpaired) electrons. The standard InChI is InChI=1S/C16H25BrO2S/c1-4-19-16(7-5-15(2,3)6-8-16)14(18)10-13-9-12(17)11-20-13/h9,11,14,18H,4-8,10H2,1-3H3. The van der Waals surface area contributed by atoms with Gasteiger partial charge in [-0.05, 0) is 60.0 Å². The van der Waals surface area contributed by atoms with Crippen LogP contribution in [-0.4, -0.2) is 23.4 Å². The van der Waals surface area contributed by atoms with Crippen LogP contribution in [0.5, 0.6) is 0 Å². The van der Waals surface area contributed by atoms with Crippen molar-refractivity contribution >= 4 is 27.3 Å². The van der Waals surface area contributed by atoms with E-state index in [9.17, 15) is 5.11 Å². The van der Waals surface area contributed by atoms with Crippen molar-refractivity contribution in [3.05, 3.63) is 20.8 Å². The molecule has 1 aromatic heterocycles. The summed E-state index contributed by atoms with van der Waals surface area (Å²) < 4.78 is 7.14. The van der Waals surface area contributed by atoms with Crippen LogP contribution in [0, 0.1) is 5.41 Å². The largest absolute Gasteiger partial charge is 0.390 e. The van der Waals surface area contributed by atoms with Gasteiger partial charge in [0.25, 0.3) is 0 Å². The van der Waals surface area contributed by atoms with E-state index in [-0.39, 0.29) is 5.60 Å². The van der Waals surface area contributed by atoms with E-state index in [4.69, 9.17) is 4.74 Å². The quantitative estimate of drug-likeness (QED) is 0.817. The third kappa shape index (κ3) is 3.85. The highest BCUT2D eigenvalue weighted by molar-refractivity contribution is 9.10. The fourth-order valence-corrected chi connectivity index (χ4v) is 4.54. The van der Waals surface area contributed by atoms with Gasteiger partial charge in [0, 0.05) is 27.8 Å². The van der Waals surface area contributed by atoms with Gasteiger partial charge < -0.3 is 9.84 Å². The Morgan fingerprint density at radius 2 is 2.00 bits per heavy atom. The lowest BCUT2D eigenvalue weighted by atomic mass is 9.68. The molecular formula is C16H25BrO2S. The summed E-state index contributed by atoms with van der Waals surface area (Å²) in [5.74, 6) is 0. The summed E-state index contributed by atoms with van der Waals surface area (Å²) in [7, 11) is 0. The van der Waals surface area contributed by atoms with Crippen molar-refractivity contribution in [3.63, 3.8) is 0 Å². The van der Waals surface area contributed by atoms with Crippen LogP contribution >= 0.6 is 27.3 Å². The van der Waals surface area contributed by atoms with Gasteiger partial charge in [-0.2, -0.15) is 0 Å². The van der Waals surface area contributed by atoms with E-state index in [1.54, 1.807) is 11.3 Å². The molecule has 1 heterocycles. The van der Waals surface area contributed by atoms with E-state index < -0.39 is 6.10 Å². The highest BCUT2D eigenvalue weighted by atomic mass is 79.9. The molecule has 2 nitrogen and oxygen atoms in total. The summed E-state index contributed by atoms with van der Waals surface area (Å²) in [6.07, 6.45) is 4.44. The highest BCUT2D eigenvalue weighted by Crippen LogP contribution is 2.44. The average Bonchev–Trinajstić information content (AvgIpc) is 2.78. The predicted octanol–water partition coefficient (Wildman–Crippen LogP) is 4.79. The molecule has 4 heteroatoms. The van der Waals surface area contributed by atoms with Crippen molar-refractivity contribution in [2.75, 3.05) is 6.61 Å². The second-order valence-corrected chi connectivity index (χ2v) is 8.52. The smallest absolute Gasteiger partial charge is 0.0943 e. The van der Waals surface area contributed by atoms with Gasteiger partial charge in [-0.3, -0.25) is 0 Å². The Morgan fingerprint density at radius 3 is 2.50 bits per heavy atom. The Hall–Kier alpha value is 0.1000. The van der Waals surface area contributed by atoms with E-state index in [0.29, 0.717) is 18.4 Å². The topological polar surface area (TPSA) is 29.5 Å². The molecule has 0 bridgehead atoms. The first-order valence-electron chi connectivity index (χ1n) is 7.42. The van der Waals surface area contributed by atoms with Crippen LogP contribution in [0.25, 0.3) is 0 Å². The SMILES string of the molecule is CCOC1(C(O)Cc2cc(Br)cs2)CCC(C)(C)CC1. The van der Waals surface area contributed by atoms with Crippen molar-refractivity contribution in [2.24, 2.45) is 5.41 Å². The summed E-state index contributed by atoms with van der Waals surface area (Å²) in [5, 5.41) is 12.8. The summed E-state index contributed by atoms with van der Waals surface area (Å²) >= 11 is 5.17. The van der Waals surface area contributed by atoms with Gasteiger partial charge in [0.1, 0.15) is 0 Å². The molecule has 1 unspecified atom stereocenters. The van der Waals surface area contributed by atoms with Crippen molar-refractivity contribution < 1.29 is 9.84 Å². The molecular weight excluding hydrogens is 336 g/mol. The molecule has 1 aliphatic rings. The molecule has 2 rings (SSSR count). The van der Waals surface area contributed by atoms with Crippen molar-refractivity contribution in [3.8, 4) is 0 Å². The maximum absolute atomic E-state index is 10.8. The van der Waals surface area contributed by atoms with Crippen molar-refractivity contribution in [1.82, 2.24) is 0 Å². The average molecular weight is 361 g/mol. The number of halogens is 1. The summed E-state index contributed by atoms with van der Waals surface area (Å²) in [6.45, 7) is 7.32. The van der Waals surface area contributed by atoms with E-state index in [1.165, 1.54) is 4.88 Å². The molecule has 20 heavy (non-hydrogen) atoms. The maximum Gasteiger partial charge on any atom is 0.0943 e. The minimum Gasteiger partial charge on any atom is -0.390 e. The molecule has 1 aromatic rings. The lowest BCUT2D eigenvalue weighted by molar-refractivity contribution is -0.150. The normalized spacial score (nSPS) is 22.6. The Bertz CT molecular complexity index is 431. The Balaban J connectivity index is 2.07. The first kappa shape index (κ1) is 16.5. The Morgan fingerprint density at radius 1 is 1.35 bits per heavy atom. The zero-order valence-corrected chi connectivity index (χ0v) is 15.0. The van der Waals surface area contributed by atoms with Gasteiger partial charge in [-0.15, -0.1) is 11.3 Å². The molecule has 1 aliphatic carbocycles. The van der Waals surface area contributed by atoms with E-state index in [1.807, 2.05) is 6.92 Å². The number of ether oxygens (including phenoxy) is 1. The fraction of sp³-hybridized carbons (Fsp3) is 0.750. The highest BCUT2D eigenvalue weighted by Gasteiger charge is 2.44. The predicted molar refractivity (Wildman–Crippen MR) is 88.3 cm³/mol. The first-order valence-corrected chi connectivity index (χ1v) is 9.09. The maximum atomic E-state index is 10.8. The molecule has 0 saturated heterocycles. The summed E-state index contributed by atoms with van der Waals surface area (Å²) in [5.41, 5.74) is 0.0347. The van der Waals surface area contributed by atoms with Gasteiger partial charge in [-0.1, -0.05) is 13.8 Å². The lowest BCUT2D eigenvalue weighted by Crippen LogP contribution is -2.49. The number of aliphatic hydroxyl groups excluding tert-OH is 1. The zero-order valence-electron chi connectivity index (χ0n) is 12.6. The molecule has 0 spiro atoms. The second kappa shape index (κ2) is 6.47. The summed E-state index contributed by atoms with van der Waals surface area (Å²) in [6, 6.07) is 2.10. The minimum atomic E-state index is -0.413. The van der Waals surface area contributed by atoms with Crippen LogP contribution in [0.4, 0.5) is 0 Å². The first-order chi connectivity index (χ1) is 9.37. The lowest BCUT2D eigenvalue weighted by Gasteiger charge is -2.45. The van der Waals surface area contributed by atoms with Crippen LogP contribution in [0.15, 0.2) is 15.9 Å². The van der Waals surface area contributed by atoms with Crippen molar-refractivity contribution in [2.45, 2.75) is 64.6 Å². The molecule has 0 aromatic carbocycles. The van der Waals surface area contributed by atoms with Gasteiger partial charge in [0.05, 0.1) is 11.7 Å². The van der Waals surface area contributed by atoms with Crippen LogP contribution in [0.3, 0.4) is 0 Å². The number of hydrogen-bond donors (Lipinski definition) is 1. The van der Waals surface area contributed by atoms with Crippen LogP contribution in [-0.2, 0) is 11.2 Å². The van der Waals surface area contributed by atoms with Crippen LogP contribution in [0.2, 0.25) is 0 Å². The fourth-order valence-electron chi connectivity index (χ4n) is 3.05. The molecule has 1 fully saturated rings. The molecule has 0 aliphatic heterocycles. The third-order valence-electron chi connectivity index (χ3n) is 4.51. The van der Waals surface area contributed by atoms with Crippen molar-refractivity contribution in [1.29, 1.82) is 0 Å².